The third-order valence-corrected chi connectivity index (χ3v) is 4.87. The Bertz CT molecular complexity index is 837. The molecule has 0 bridgehead atoms. The number of hydrogen-bond acceptors (Lipinski definition) is 4. The van der Waals surface area contributed by atoms with Crippen LogP contribution in [0.25, 0.3) is 0 Å². The topological polar surface area (TPSA) is 66.4 Å². The van der Waals surface area contributed by atoms with Gasteiger partial charge < -0.3 is 14.6 Å². The molecule has 26 heavy (non-hydrogen) atoms. The van der Waals surface area contributed by atoms with Crippen LogP contribution in [0, 0.1) is 0 Å². The number of halogens is 1. The highest BCUT2D eigenvalue weighted by atomic mass is 35.5. The lowest BCUT2D eigenvalue weighted by atomic mass is 10.1. The highest BCUT2D eigenvalue weighted by molar-refractivity contribution is 7.99. The molecule has 0 unspecified atom stereocenters. The Morgan fingerprint density at radius 1 is 1.19 bits per heavy atom. The molecule has 1 saturated heterocycles. The van der Waals surface area contributed by atoms with Crippen molar-refractivity contribution in [3.63, 3.8) is 0 Å². The minimum absolute atomic E-state index is 0.104. The number of carbonyl (C=O) groups is 2. The summed E-state index contributed by atoms with van der Waals surface area (Å²) >= 11 is 7.56. The molecule has 0 aliphatic carbocycles. The van der Waals surface area contributed by atoms with E-state index in [2.05, 4.69) is 10.0 Å². The van der Waals surface area contributed by atoms with E-state index in [0.717, 1.165) is 24.3 Å². The molecule has 1 aromatic heterocycles. The first kappa shape index (κ1) is 18.7. The lowest BCUT2D eigenvalue weighted by Gasteiger charge is -2.26. The Labute approximate surface area is 162 Å². The zero-order chi connectivity index (χ0) is 18.7. The van der Waals surface area contributed by atoms with Crippen molar-refractivity contribution in [2.75, 3.05) is 27.7 Å². The number of amides is 2. The van der Waals surface area contributed by atoms with Crippen LogP contribution >= 0.6 is 23.5 Å². The molecule has 0 spiro atoms. The summed E-state index contributed by atoms with van der Waals surface area (Å²) in [4.78, 5) is 26.5. The van der Waals surface area contributed by atoms with Gasteiger partial charge in [0, 0.05) is 48.9 Å². The molecule has 2 aromatic rings. The minimum atomic E-state index is -0.242. The van der Waals surface area contributed by atoms with E-state index in [-0.39, 0.29) is 11.8 Å². The van der Waals surface area contributed by atoms with Gasteiger partial charge in [-0.3, -0.25) is 14.5 Å². The number of aryl methyl sites for hydroxylation is 1. The lowest BCUT2D eigenvalue weighted by Crippen LogP contribution is -2.36. The predicted octanol–water partition coefficient (Wildman–Crippen LogP) is 4.14. The maximum Gasteiger partial charge on any atom is 0.257 e. The van der Waals surface area contributed by atoms with Crippen molar-refractivity contribution >= 4 is 52.6 Å². The molecule has 8 heteroatoms. The number of hydrogen-bond donors (Lipinski definition) is 2. The molecule has 138 valence electrons. The van der Waals surface area contributed by atoms with Crippen LogP contribution in [-0.2, 0) is 11.8 Å². The van der Waals surface area contributed by atoms with E-state index in [1.165, 1.54) is 11.9 Å². The first-order chi connectivity index (χ1) is 12.5. The number of rotatable bonds is 5. The van der Waals surface area contributed by atoms with Crippen LogP contribution < -0.4 is 14.9 Å². The van der Waals surface area contributed by atoms with E-state index in [1.54, 1.807) is 29.3 Å². The molecule has 2 N–H and O–H groups in total. The number of nitrogens with one attached hydrogen (secondary N) is 2. The number of benzene rings is 1. The van der Waals surface area contributed by atoms with E-state index in [1.807, 2.05) is 23.9 Å². The molecule has 1 aromatic carbocycles. The Hall–Kier alpha value is -2.12. The summed E-state index contributed by atoms with van der Waals surface area (Å²) in [6, 6.07) is 7.06. The van der Waals surface area contributed by atoms with E-state index in [4.69, 9.17) is 11.6 Å². The summed E-state index contributed by atoms with van der Waals surface area (Å²) in [5.74, 6) is 0.608. The van der Waals surface area contributed by atoms with Gasteiger partial charge in [-0.1, -0.05) is 23.5 Å². The van der Waals surface area contributed by atoms with Gasteiger partial charge in [0.1, 0.15) is 5.82 Å². The van der Waals surface area contributed by atoms with Crippen molar-refractivity contribution < 1.29 is 9.59 Å². The van der Waals surface area contributed by atoms with Gasteiger partial charge in [-0.15, -0.1) is 0 Å². The predicted molar refractivity (Wildman–Crippen MR) is 108 cm³/mol. The van der Waals surface area contributed by atoms with E-state index >= 15 is 0 Å². The monoisotopic (exact) mass is 392 g/mol. The number of anilines is 3. The first-order valence-corrected chi connectivity index (χ1v) is 9.96. The summed E-state index contributed by atoms with van der Waals surface area (Å²) in [5, 5.41) is 3.40. The van der Waals surface area contributed by atoms with E-state index in [0.29, 0.717) is 29.2 Å². The summed E-state index contributed by atoms with van der Waals surface area (Å²) in [6.07, 6.45) is 6.10. The normalized spacial score (nSPS) is 14.4. The third-order valence-electron chi connectivity index (χ3n) is 4.22. The Morgan fingerprint density at radius 2 is 1.96 bits per heavy atom. The number of nitrogens with zero attached hydrogens (tertiary/aromatic N) is 2. The van der Waals surface area contributed by atoms with Gasteiger partial charge >= 0.3 is 0 Å². The van der Waals surface area contributed by atoms with Crippen molar-refractivity contribution in [3.05, 3.63) is 41.0 Å². The third kappa shape index (κ3) is 4.16. The average Bonchev–Trinajstić information content (AvgIpc) is 2.97. The molecule has 2 amide bonds. The molecule has 1 fully saturated rings. The molecule has 6 nitrogen and oxygen atoms in total. The Balaban J connectivity index is 1.78. The standard InChI is InChI=1S/C18H21ClN4O2S/c1-22-11-12(7-16(22)23-6-4-3-5-17(23)24)18(25)20-14-8-13(19)9-15(10-14)21-26-2/h7-11,21H,3-6H2,1-2H3,(H,20,25). The fourth-order valence-electron chi connectivity index (χ4n) is 3.04. The molecule has 2 heterocycles. The molecular formula is C18H21ClN4O2S. The molecule has 0 saturated carbocycles. The summed E-state index contributed by atoms with van der Waals surface area (Å²) in [6.45, 7) is 0.690. The maximum absolute atomic E-state index is 12.6. The van der Waals surface area contributed by atoms with Crippen LogP contribution in [0.1, 0.15) is 29.6 Å². The van der Waals surface area contributed by atoms with Crippen molar-refractivity contribution in [2.24, 2.45) is 7.05 Å². The minimum Gasteiger partial charge on any atom is -0.337 e. The molecule has 1 aliphatic heterocycles. The fourth-order valence-corrected chi connectivity index (χ4v) is 3.62. The second-order valence-corrected chi connectivity index (χ2v) is 7.24. The number of aromatic nitrogens is 1. The van der Waals surface area contributed by atoms with Gasteiger partial charge in [0.2, 0.25) is 5.91 Å². The lowest BCUT2D eigenvalue weighted by molar-refractivity contribution is -0.119. The smallest absolute Gasteiger partial charge is 0.257 e. The van der Waals surface area contributed by atoms with Crippen LogP contribution in [0.5, 0.6) is 0 Å². The van der Waals surface area contributed by atoms with Gasteiger partial charge in [0.25, 0.3) is 5.91 Å². The van der Waals surface area contributed by atoms with Crippen LogP contribution in [0.15, 0.2) is 30.5 Å². The van der Waals surface area contributed by atoms with Gasteiger partial charge in [0.05, 0.1) is 5.56 Å². The molecule has 3 rings (SSSR count). The second-order valence-electron chi connectivity index (χ2n) is 6.19. The zero-order valence-electron chi connectivity index (χ0n) is 14.7. The van der Waals surface area contributed by atoms with Crippen LogP contribution in [0.3, 0.4) is 0 Å². The largest absolute Gasteiger partial charge is 0.337 e. The van der Waals surface area contributed by atoms with Crippen LogP contribution in [-0.4, -0.2) is 29.2 Å². The average molecular weight is 393 g/mol. The van der Waals surface area contributed by atoms with Crippen molar-refractivity contribution in [2.45, 2.75) is 19.3 Å². The second kappa shape index (κ2) is 8.05. The maximum atomic E-state index is 12.6. The van der Waals surface area contributed by atoms with Crippen LogP contribution in [0.4, 0.5) is 17.2 Å². The number of piperidine rings is 1. The Morgan fingerprint density at radius 3 is 2.69 bits per heavy atom. The van der Waals surface area contributed by atoms with Crippen molar-refractivity contribution in [1.29, 1.82) is 0 Å². The van der Waals surface area contributed by atoms with Gasteiger partial charge in [0.15, 0.2) is 0 Å². The fraction of sp³-hybridized carbons (Fsp3) is 0.333. The molecular weight excluding hydrogens is 372 g/mol. The molecule has 0 radical (unpaired) electrons. The first-order valence-electron chi connectivity index (χ1n) is 8.35. The van der Waals surface area contributed by atoms with Gasteiger partial charge in [-0.2, -0.15) is 0 Å². The zero-order valence-corrected chi connectivity index (χ0v) is 16.3. The van der Waals surface area contributed by atoms with Crippen LogP contribution in [0.2, 0.25) is 5.02 Å². The van der Waals surface area contributed by atoms with Gasteiger partial charge in [-0.25, -0.2) is 0 Å². The van der Waals surface area contributed by atoms with Gasteiger partial charge in [-0.05, 0) is 37.1 Å². The molecule has 1 aliphatic rings. The van der Waals surface area contributed by atoms with E-state index < -0.39 is 0 Å². The quantitative estimate of drug-likeness (QED) is 0.750. The number of carbonyl (C=O) groups excluding carboxylic acids is 2. The summed E-state index contributed by atoms with van der Waals surface area (Å²) < 4.78 is 4.91. The Kier molecular flexibility index (Phi) is 5.78. The highest BCUT2D eigenvalue weighted by Crippen LogP contribution is 2.26. The van der Waals surface area contributed by atoms with Crippen molar-refractivity contribution in [3.8, 4) is 0 Å². The highest BCUT2D eigenvalue weighted by Gasteiger charge is 2.23. The van der Waals surface area contributed by atoms with Crippen molar-refractivity contribution in [1.82, 2.24) is 4.57 Å². The summed E-state index contributed by atoms with van der Waals surface area (Å²) in [7, 11) is 1.84. The molecule has 0 atom stereocenters. The SMILES string of the molecule is CSNc1cc(Cl)cc(NC(=O)c2cc(N3CCCCC3=O)n(C)c2)c1. The summed E-state index contributed by atoms with van der Waals surface area (Å²) in [5.41, 5.74) is 1.92. The van der Waals surface area contributed by atoms with E-state index in [9.17, 15) is 9.59 Å².